The number of aryl methyl sites for hydroxylation is 2. The van der Waals surface area contributed by atoms with Crippen LogP contribution in [0.4, 0.5) is 9.18 Å². The summed E-state index contributed by atoms with van der Waals surface area (Å²) in [5.74, 6) is -1.42. The minimum absolute atomic E-state index is 0.383. The van der Waals surface area contributed by atoms with E-state index in [9.17, 15) is 18.8 Å². The normalized spacial score (nSPS) is 17.7. The molecule has 0 aliphatic carbocycles. The van der Waals surface area contributed by atoms with Gasteiger partial charge in [0.2, 0.25) is 5.91 Å². The van der Waals surface area contributed by atoms with Crippen LogP contribution in [0.1, 0.15) is 30.2 Å². The van der Waals surface area contributed by atoms with Crippen LogP contribution in [0.3, 0.4) is 0 Å². The highest BCUT2D eigenvalue weighted by Crippen LogP contribution is 2.28. The zero-order valence-electron chi connectivity index (χ0n) is 19.0. The van der Waals surface area contributed by atoms with Crippen molar-refractivity contribution in [3.63, 3.8) is 0 Å². The number of aromatic nitrogens is 2. The van der Waals surface area contributed by atoms with Gasteiger partial charge in [0.15, 0.2) is 0 Å². The van der Waals surface area contributed by atoms with E-state index in [-0.39, 0.29) is 6.54 Å². The van der Waals surface area contributed by atoms with Crippen LogP contribution in [-0.4, -0.2) is 45.6 Å². The van der Waals surface area contributed by atoms with Gasteiger partial charge in [-0.1, -0.05) is 30.3 Å². The molecule has 2 aromatic carbocycles. The molecule has 9 heteroatoms. The molecule has 0 bridgehead atoms. The first-order valence-corrected chi connectivity index (χ1v) is 11.1. The maximum Gasteiger partial charge on any atom is 0.325 e. The quantitative estimate of drug-likeness (QED) is 0.397. The molecule has 1 atom stereocenters. The lowest BCUT2D eigenvalue weighted by Crippen LogP contribution is -2.43. The SMILES string of the molecule is Cc1nn(-c2ccccc2)cc1CCCNC(=O)CN1C(=O)NC(C)(c2ccc(F)cc2)C1=O. The zero-order valence-corrected chi connectivity index (χ0v) is 19.0. The molecule has 34 heavy (non-hydrogen) atoms. The summed E-state index contributed by atoms with van der Waals surface area (Å²) in [6, 6.07) is 14.5. The Morgan fingerprint density at radius 1 is 1.12 bits per heavy atom. The van der Waals surface area contributed by atoms with Crippen LogP contribution in [0.2, 0.25) is 0 Å². The third kappa shape index (κ3) is 4.68. The number of rotatable bonds is 8. The van der Waals surface area contributed by atoms with Gasteiger partial charge in [-0.15, -0.1) is 0 Å². The number of hydrogen-bond acceptors (Lipinski definition) is 4. The first-order chi connectivity index (χ1) is 16.3. The predicted octanol–water partition coefficient (Wildman–Crippen LogP) is 2.84. The van der Waals surface area contributed by atoms with Gasteiger partial charge in [0.25, 0.3) is 5.91 Å². The summed E-state index contributed by atoms with van der Waals surface area (Å²) >= 11 is 0. The molecule has 2 heterocycles. The maximum absolute atomic E-state index is 13.2. The molecule has 8 nitrogen and oxygen atoms in total. The van der Waals surface area contributed by atoms with Gasteiger partial charge in [-0.2, -0.15) is 5.10 Å². The molecule has 1 aromatic heterocycles. The Balaban J connectivity index is 1.28. The molecule has 3 aromatic rings. The fourth-order valence-electron chi connectivity index (χ4n) is 3.98. The third-order valence-corrected chi connectivity index (χ3v) is 5.96. The molecule has 1 aliphatic rings. The predicted molar refractivity (Wildman–Crippen MR) is 124 cm³/mol. The van der Waals surface area contributed by atoms with Crippen molar-refractivity contribution in [1.29, 1.82) is 0 Å². The molecule has 2 N–H and O–H groups in total. The van der Waals surface area contributed by atoms with Crippen LogP contribution in [0.5, 0.6) is 0 Å². The van der Waals surface area contributed by atoms with Gasteiger partial charge < -0.3 is 10.6 Å². The lowest BCUT2D eigenvalue weighted by atomic mass is 9.92. The lowest BCUT2D eigenvalue weighted by molar-refractivity contribution is -0.134. The summed E-state index contributed by atoms with van der Waals surface area (Å²) in [7, 11) is 0. The smallest absolute Gasteiger partial charge is 0.325 e. The van der Waals surface area contributed by atoms with Gasteiger partial charge in [-0.05, 0) is 62.1 Å². The van der Waals surface area contributed by atoms with Crippen molar-refractivity contribution in [2.45, 2.75) is 32.2 Å². The Kier molecular flexibility index (Phi) is 6.45. The zero-order chi connectivity index (χ0) is 24.3. The Bertz CT molecular complexity index is 1210. The largest absolute Gasteiger partial charge is 0.355 e. The van der Waals surface area contributed by atoms with Crippen LogP contribution in [-0.2, 0) is 21.5 Å². The average molecular weight is 464 g/mol. The molecular weight excluding hydrogens is 437 g/mol. The number of imide groups is 1. The van der Waals surface area contributed by atoms with Crippen LogP contribution in [0.15, 0.2) is 60.8 Å². The van der Waals surface area contributed by atoms with Gasteiger partial charge in [-0.25, -0.2) is 13.9 Å². The number of carbonyl (C=O) groups is 3. The Morgan fingerprint density at radius 3 is 2.53 bits per heavy atom. The van der Waals surface area contributed by atoms with E-state index in [1.165, 1.54) is 31.2 Å². The molecule has 0 radical (unpaired) electrons. The molecule has 1 fully saturated rings. The third-order valence-electron chi connectivity index (χ3n) is 5.96. The van der Waals surface area contributed by atoms with E-state index in [1.807, 2.05) is 48.1 Å². The summed E-state index contributed by atoms with van der Waals surface area (Å²) in [5, 5.41) is 9.91. The van der Waals surface area contributed by atoms with Gasteiger partial charge in [0, 0.05) is 12.7 Å². The van der Waals surface area contributed by atoms with E-state index in [0.29, 0.717) is 18.5 Å². The van der Waals surface area contributed by atoms with Crippen molar-refractivity contribution in [2.75, 3.05) is 13.1 Å². The van der Waals surface area contributed by atoms with Crippen LogP contribution in [0, 0.1) is 12.7 Å². The summed E-state index contributed by atoms with van der Waals surface area (Å²) in [4.78, 5) is 38.5. The molecular formula is C25H26FN5O3. The first kappa shape index (κ1) is 23.2. The Labute approximate surface area is 196 Å². The molecule has 4 amide bonds. The monoisotopic (exact) mass is 463 g/mol. The summed E-state index contributed by atoms with van der Waals surface area (Å²) < 4.78 is 15.1. The van der Waals surface area contributed by atoms with E-state index in [1.54, 1.807) is 0 Å². The number of nitrogens with zero attached hydrogens (tertiary/aromatic N) is 3. The van der Waals surface area contributed by atoms with Crippen molar-refractivity contribution in [2.24, 2.45) is 0 Å². The van der Waals surface area contributed by atoms with E-state index in [4.69, 9.17) is 0 Å². The van der Waals surface area contributed by atoms with Crippen LogP contribution >= 0.6 is 0 Å². The Morgan fingerprint density at radius 2 is 1.82 bits per heavy atom. The van der Waals surface area contributed by atoms with Gasteiger partial charge in [0.05, 0.1) is 11.4 Å². The van der Waals surface area contributed by atoms with E-state index < -0.39 is 29.2 Å². The molecule has 0 spiro atoms. The molecule has 176 valence electrons. The standard InChI is InChI=1S/C25H26FN5O3/c1-17-18(15-31(29-17)21-8-4-3-5-9-21)7-6-14-27-22(32)16-30-23(33)25(2,28-24(30)34)19-10-12-20(26)13-11-19/h3-5,8-13,15H,6-7,14,16H2,1-2H3,(H,27,32)(H,28,34). The number of halogens is 1. The van der Waals surface area contributed by atoms with E-state index in [0.717, 1.165) is 28.3 Å². The number of hydrogen-bond donors (Lipinski definition) is 2. The fourth-order valence-corrected chi connectivity index (χ4v) is 3.98. The van der Waals surface area contributed by atoms with Gasteiger partial charge in [0.1, 0.15) is 17.9 Å². The van der Waals surface area contributed by atoms with E-state index >= 15 is 0 Å². The minimum Gasteiger partial charge on any atom is -0.355 e. The number of carbonyl (C=O) groups excluding carboxylic acids is 3. The molecule has 4 rings (SSSR count). The fraction of sp³-hybridized carbons (Fsp3) is 0.280. The second kappa shape index (κ2) is 9.46. The van der Waals surface area contributed by atoms with Crippen molar-refractivity contribution in [3.05, 3.63) is 83.4 Å². The first-order valence-electron chi connectivity index (χ1n) is 11.1. The summed E-state index contributed by atoms with van der Waals surface area (Å²) in [5.41, 5.74) is 2.09. The number of benzene rings is 2. The highest BCUT2D eigenvalue weighted by molar-refractivity contribution is 6.09. The van der Waals surface area contributed by atoms with Crippen molar-refractivity contribution in [3.8, 4) is 5.69 Å². The average Bonchev–Trinajstić information content (AvgIpc) is 3.30. The van der Waals surface area contributed by atoms with Crippen molar-refractivity contribution >= 4 is 17.8 Å². The number of para-hydroxylation sites is 1. The van der Waals surface area contributed by atoms with E-state index in [2.05, 4.69) is 15.7 Å². The molecule has 1 unspecified atom stereocenters. The Hall–Kier alpha value is -4.01. The highest BCUT2D eigenvalue weighted by atomic mass is 19.1. The second-order valence-corrected chi connectivity index (χ2v) is 8.43. The van der Waals surface area contributed by atoms with Crippen LogP contribution < -0.4 is 10.6 Å². The van der Waals surface area contributed by atoms with Crippen molar-refractivity contribution < 1.29 is 18.8 Å². The van der Waals surface area contributed by atoms with Gasteiger partial charge in [-0.3, -0.25) is 14.5 Å². The highest BCUT2D eigenvalue weighted by Gasteiger charge is 2.49. The second-order valence-electron chi connectivity index (χ2n) is 8.43. The number of nitrogens with one attached hydrogen (secondary N) is 2. The minimum atomic E-state index is -1.35. The molecule has 1 saturated heterocycles. The van der Waals surface area contributed by atoms with Crippen LogP contribution in [0.25, 0.3) is 5.69 Å². The van der Waals surface area contributed by atoms with Gasteiger partial charge >= 0.3 is 6.03 Å². The topological polar surface area (TPSA) is 96.3 Å². The number of urea groups is 1. The maximum atomic E-state index is 13.2. The summed E-state index contributed by atoms with van der Waals surface area (Å²) in [6.07, 6.45) is 3.39. The molecule has 1 aliphatic heterocycles. The number of amides is 4. The summed E-state index contributed by atoms with van der Waals surface area (Å²) in [6.45, 7) is 3.50. The lowest BCUT2D eigenvalue weighted by Gasteiger charge is -2.22. The molecule has 0 saturated carbocycles. The van der Waals surface area contributed by atoms with Crippen molar-refractivity contribution in [1.82, 2.24) is 25.3 Å².